The summed E-state index contributed by atoms with van der Waals surface area (Å²) in [4.78, 5) is 16.9. The molecule has 1 heterocycles. The fraction of sp³-hybridized carbons (Fsp3) is 0.321. The van der Waals surface area contributed by atoms with E-state index in [0.717, 1.165) is 55.2 Å². The summed E-state index contributed by atoms with van der Waals surface area (Å²) in [6.45, 7) is 2.76. The van der Waals surface area contributed by atoms with Gasteiger partial charge in [-0.1, -0.05) is 42.8 Å². The Morgan fingerprint density at radius 2 is 1.66 bits per heavy atom. The number of carbonyl (C=O) groups excluding carboxylic acids is 1. The zero-order chi connectivity index (χ0) is 25.0. The summed E-state index contributed by atoms with van der Waals surface area (Å²) in [7, 11) is 3.11. The minimum atomic E-state index is -4.53. The molecule has 1 aliphatic heterocycles. The third-order valence-electron chi connectivity index (χ3n) is 6.34. The third kappa shape index (κ3) is 6.03. The van der Waals surface area contributed by atoms with Crippen molar-refractivity contribution in [3.05, 3.63) is 83.4 Å². The van der Waals surface area contributed by atoms with Crippen molar-refractivity contribution in [2.24, 2.45) is 0 Å². The van der Waals surface area contributed by atoms with Gasteiger partial charge in [0.2, 0.25) is 0 Å². The van der Waals surface area contributed by atoms with E-state index in [2.05, 4.69) is 10.2 Å². The number of halogens is 3. The maximum Gasteiger partial charge on any atom is 0.418 e. The zero-order valence-corrected chi connectivity index (χ0v) is 20.0. The fourth-order valence-corrected chi connectivity index (χ4v) is 4.56. The minimum Gasteiger partial charge on any atom is -0.377 e. The quantitative estimate of drug-likeness (QED) is 0.427. The number of alkyl halides is 3. The molecule has 4 nitrogen and oxygen atoms in total. The summed E-state index contributed by atoms with van der Waals surface area (Å²) < 4.78 is 40.8. The second-order valence-corrected chi connectivity index (χ2v) is 9.15. The summed E-state index contributed by atoms with van der Waals surface area (Å²) in [6.07, 6.45) is -0.979. The second-order valence-electron chi connectivity index (χ2n) is 9.15. The molecule has 0 radical (unpaired) electrons. The molecule has 1 N–H and O–H groups in total. The standard InChI is InChI=1S/C28H30F3N3O/c1-33(2)26-14-12-23(18-25(26)28(29,30)31)32-27(35)21-11-13-24(20-9-5-3-6-10-20)22(17-21)19-34-15-7-4-8-16-34/h3,5-6,9-14,17-18H,4,7-8,15-16,19H2,1-2H3,(H,32,35). The van der Waals surface area contributed by atoms with Crippen LogP contribution < -0.4 is 10.2 Å². The lowest BCUT2D eigenvalue weighted by Crippen LogP contribution is -2.29. The van der Waals surface area contributed by atoms with Crippen molar-refractivity contribution in [2.45, 2.75) is 32.0 Å². The van der Waals surface area contributed by atoms with Crippen molar-refractivity contribution < 1.29 is 18.0 Å². The van der Waals surface area contributed by atoms with Gasteiger partial charge in [0.05, 0.1) is 5.56 Å². The molecular formula is C28H30F3N3O. The van der Waals surface area contributed by atoms with Crippen LogP contribution in [-0.4, -0.2) is 38.0 Å². The number of carbonyl (C=O) groups is 1. The number of hydrogen-bond donors (Lipinski definition) is 1. The highest BCUT2D eigenvalue weighted by atomic mass is 19.4. The van der Waals surface area contributed by atoms with Gasteiger partial charge >= 0.3 is 6.18 Å². The maximum absolute atomic E-state index is 13.6. The number of hydrogen-bond acceptors (Lipinski definition) is 3. The Balaban J connectivity index is 1.63. The molecular weight excluding hydrogens is 451 g/mol. The number of amides is 1. The Morgan fingerprint density at radius 1 is 0.943 bits per heavy atom. The van der Waals surface area contributed by atoms with Crippen molar-refractivity contribution in [1.82, 2.24) is 4.90 Å². The highest BCUT2D eigenvalue weighted by Crippen LogP contribution is 2.38. The summed E-state index contributed by atoms with van der Waals surface area (Å²) in [5.74, 6) is -0.435. The van der Waals surface area contributed by atoms with Crippen LogP contribution in [0.15, 0.2) is 66.7 Å². The van der Waals surface area contributed by atoms with Gasteiger partial charge in [-0.25, -0.2) is 0 Å². The van der Waals surface area contributed by atoms with Crippen molar-refractivity contribution in [3.8, 4) is 11.1 Å². The Labute approximate surface area is 204 Å². The average Bonchev–Trinajstić information content (AvgIpc) is 2.84. The molecule has 1 saturated heterocycles. The van der Waals surface area contributed by atoms with Crippen LogP contribution in [0, 0.1) is 0 Å². The average molecular weight is 482 g/mol. The molecule has 1 aliphatic rings. The molecule has 1 fully saturated rings. The van der Waals surface area contributed by atoms with Crippen LogP contribution >= 0.6 is 0 Å². The molecule has 7 heteroatoms. The van der Waals surface area contributed by atoms with Crippen LogP contribution in [-0.2, 0) is 12.7 Å². The van der Waals surface area contributed by atoms with Crippen LogP contribution in [0.5, 0.6) is 0 Å². The van der Waals surface area contributed by atoms with Gasteiger partial charge in [0.25, 0.3) is 5.91 Å². The number of rotatable bonds is 6. The van der Waals surface area contributed by atoms with E-state index in [4.69, 9.17) is 0 Å². The molecule has 0 unspecified atom stereocenters. The molecule has 3 aromatic carbocycles. The van der Waals surface area contributed by atoms with E-state index in [1.54, 1.807) is 20.2 Å². The zero-order valence-electron chi connectivity index (χ0n) is 20.0. The Kier molecular flexibility index (Phi) is 7.45. The van der Waals surface area contributed by atoms with Crippen molar-refractivity contribution in [2.75, 3.05) is 37.4 Å². The largest absolute Gasteiger partial charge is 0.418 e. The third-order valence-corrected chi connectivity index (χ3v) is 6.34. The van der Waals surface area contributed by atoms with Gasteiger partial charge in [-0.15, -0.1) is 0 Å². The summed E-state index contributed by atoms with van der Waals surface area (Å²) in [5.41, 5.74) is 2.95. The SMILES string of the molecule is CN(C)c1ccc(NC(=O)c2ccc(-c3ccccc3)c(CN3CCCCC3)c2)cc1C(F)(F)F. The first-order chi connectivity index (χ1) is 16.7. The van der Waals surface area contributed by atoms with E-state index in [1.165, 1.54) is 23.5 Å². The summed E-state index contributed by atoms with van der Waals surface area (Å²) in [6, 6.07) is 19.4. The number of benzene rings is 3. The minimum absolute atomic E-state index is 0.0477. The van der Waals surface area contributed by atoms with Gasteiger partial charge in [-0.3, -0.25) is 9.69 Å². The maximum atomic E-state index is 13.6. The first-order valence-electron chi connectivity index (χ1n) is 11.8. The van der Waals surface area contributed by atoms with E-state index in [9.17, 15) is 18.0 Å². The number of anilines is 2. The Bertz CT molecular complexity index is 1170. The Hall–Kier alpha value is -3.32. The molecule has 0 saturated carbocycles. The lowest BCUT2D eigenvalue weighted by atomic mass is 9.96. The molecule has 35 heavy (non-hydrogen) atoms. The first kappa shape index (κ1) is 24.8. The summed E-state index contributed by atoms with van der Waals surface area (Å²) >= 11 is 0. The first-order valence-corrected chi connectivity index (χ1v) is 11.8. The van der Waals surface area contributed by atoms with Crippen LogP contribution in [0.3, 0.4) is 0 Å². The molecule has 0 spiro atoms. The highest BCUT2D eigenvalue weighted by Gasteiger charge is 2.34. The van der Waals surface area contributed by atoms with E-state index < -0.39 is 17.6 Å². The number of likely N-dealkylation sites (tertiary alicyclic amines) is 1. The van der Waals surface area contributed by atoms with E-state index in [1.807, 2.05) is 42.5 Å². The normalized spacial score (nSPS) is 14.5. The molecule has 0 bridgehead atoms. The lowest BCUT2D eigenvalue weighted by Gasteiger charge is -2.27. The molecule has 0 atom stereocenters. The van der Waals surface area contributed by atoms with Crippen LogP contribution in [0.2, 0.25) is 0 Å². The van der Waals surface area contributed by atoms with Gasteiger partial charge in [-0.05, 0) is 73.0 Å². The van der Waals surface area contributed by atoms with E-state index >= 15 is 0 Å². The van der Waals surface area contributed by atoms with Gasteiger partial charge in [0.15, 0.2) is 0 Å². The van der Waals surface area contributed by atoms with Crippen molar-refractivity contribution in [3.63, 3.8) is 0 Å². The topological polar surface area (TPSA) is 35.6 Å². The van der Waals surface area contributed by atoms with Crippen LogP contribution in [0.1, 0.15) is 40.7 Å². The van der Waals surface area contributed by atoms with Gasteiger partial charge in [-0.2, -0.15) is 13.2 Å². The molecule has 184 valence electrons. The smallest absolute Gasteiger partial charge is 0.377 e. The molecule has 0 aliphatic carbocycles. The van der Waals surface area contributed by atoms with Crippen LogP contribution in [0.4, 0.5) is 24.5 Å². The van der Waals surface area contributed by atoms with Gasteiger partial charge in [0.1, 0.15) is 0 Å². The number of nitrogens with zero attached hydrogens (tertiary/aromatic N) is 2. The predicted molar refractivity (Wildman–Crippen MR) is 135 cm³/mol. The molecule has 4 rings (SSSR count). The van der Waals surface area contributed by atoms with Crippen molar-refractivity contribution >= 4 is 17.3 Å². The van der Waals surface area contributed by atoms with E-state index in [0.29, 0.717) is 5.56 Å². The summed E-state index contributed by atoms with van der Waals surface area (Å²) in [5, 5.41) is 2.66. The second kappa shape index (κ2) is 10.5. The van der Waals surface area contributed by atoms with E-state index in [-0.39, 0.29) is 11.4 Å². The van der Waals surface area contributed by atoms with Gasteiger partial charge < -0.3 is 10.2 Å². The number of nitrogens with one attached hydrogen (secondary N) is 1. The van der Waals surface area contributed by atoms with Crippen molar-refractivity contribution in [1.29, 1.82) is 0 Å². The lowest BCUT2D eigenvalue weighted by molar-refractivity contribution is -0.137. The fourth-order valence-electron chi connectivity index (χ4n) is 4.56. The highest BCUT2D eigenvalue weighted by molar-refractivity contribution is 6.05. The predicted octanol–water partition coefficient (Wildman–Crippen LogP) is 6.68. The van der Waals surface area contributed by atoms with Crippen LogP contribution in [0.25, 0.3) is 11.1 Å². The number of piperidine rings is 1. The molecule has 3 aromatic rings. The molecule has 0 aromatic heterocycles. The molecule has 1 amide bonds. The Morgan fingerprint density at radius 3 is 2.31 bits per heavy atom. The van der Waals surface area contributed by atoms with Gasteiger partial charge in [0, 0.05) is 37.6 Å². The monoisotopic (exact) mass is 481 g/mol.